The zero-order chi connectivity index (χ0) is 23.4. The zero-order valence-corrected chi connectivity index (χ0v) is 20.0. The highest BCUT2D eigenvalue weighted by Crippen LogP contribution is 2.25. The topological polar surface area (TPSA) is 83.0 Å². The van der Waals surface area contributed by atoms with Gasteiger partial charge < -0.3 is 0 Å². The molecule has 0 aliphatic rings. The summed E-state index contributed by atoms with van der Waals surface area (Å²) in [5, 5.41) is 7.11. The Balaban J connectivity index is 1.65. The van der Waals surface area contributed by atoms with Crippen LogP contribution in [-0.4, -0.2) is 29.8 Å². The molecule has 0 radical (unpaired) electrons. The van der Waals surface area contributed by atoms with Crippen LogP contribution in [0.5, 0.6) is 0 Å². The lowest BCUT2D eigenvalue weighted by molar-refractivity contribution is 0.589. The van der Waals surface area contributed by atoms with Crippen molar-refractivity contribution in [3.05, 3.63) is 101 Å². The Bertz CT molecular complexity index is 1380. The van der Waals surface area contributed by atoms with Crippen molar-refractivity contribution in [3.8, 4) is 0 Å². The van der Waals surface area contributed by atoms with Crippen LogP contribution >= 0.6 is 12.2 Å². The lowest BCUT2D eigenvalue weighted by Crippen LogP contribution is -2.33. The molecule has 170 valence electrons. The number of aromatic amines is 1. The van der Waals surface area contributed by atoms with Gasteiger partial charge in [-0.15, -0.1) is 0 Å². The van der Waals surface area contributed by atoms with Gasteiger partial charge in [0.1, 0.15) is 0 Å². The maximum atomic E-state index is 13.6. The molecule has 4 rings (SSSR count). The molecule has 0 unspecified atom stereocenters. The van der Waals surface area contributed by atoms with Gasteiger partial charge >= 0.3 is 0 Å². The summed E-state index contributed by atoms with van der Waals surface area (Å²) in [5.41, 5.74) is 6.71. The van der Waals surface area contributed by atoms with Gasteiger partial charge in [-0.3, -0.25) is 14.8 Å². The molecule has 4 aromatic rings. The van der Waals surface area contributed by atoms with Crippen LogP contribution in [0.2, 0.25) is 0 Å². The summed E-state index contributed by atoms with van der Waals surface area (Å²) in [6.07, 6.45) is 0.339. The van der Waals surface area contributed by atoms with Gasteiger partial charge in [0.25, 0.3) is 10.0 Å². The minimum atomic E-state index is -3.78. The van der Waals surface area contributed by atoms with Crippen molar-refractivity contribution in [2.45, 2.75) is 25.2 Å². The van der Waals surface area contributed by atoms with Crippen LogP contribution in [0.15, 0.2) is 83.8 Å². The molecule has 0 atom stereocenters. The molecule has 0 aliphatic heterocycles. The van der Waals surface area contributed by atoms with Gasteiger partial charge in [0.2, 0.25) is 4.77 Å². The third-order valence-corrected chi connectivity index (χ3v) is 7.34. The number of para-hydroxylation sites is 1. The van der Waals surface area contributed by atoms with Gasteiger partial charge in [0.15, 0.2) is 5.82 Å². The number of rotatable bonds is 8. The number of hydrogen-bond acceptors (Lipinski definition) is 5. The van der Waals surface area contributed by atoms with Gasteiger partial charge in [-0.1, -0.05) is 53.6 Å². The van der Waals surface area contributed by atoms with Gasteiger partial charge in [0.05, 0.1) is 16.3 Å². The zero-order valence-electron chi connectivity index (χ0n) is 18.4. The van der Waals surface area contributed by atoms with Crippen LogP contribution in [-0.2, 0) is 16.4 Å². The Hall–Kier alpha value is -3.43. The van der Waals surface area contributed by atoms with E-state index in [1.54, 1.807) is 28.9 Å². The Morgan fingerprint density at radius 3 is 2.18 bits per heavy atom. The van der Waals surface area contributed by atoms with E-state index in [1.165, 1.54) is 4.31 Å². The number of nitrogens with one attached hydrogen (secondary N) is 2. The van der Waals surface area contributed by atoms with E-state index in [1.807, 2.05) is 68.4 Å². The summed E-state index contributed by atoms with van der Waals surface area (Å²) in [7, 11) is -3.78. The van der Waals surface area contributed by atoms with Gasteiger partial charge in [0, 0.05) is 13.0 Å². The first-order valence-electron chi connectivity index (χ1n) is 10.5. The summed E-state index contributed by atoms with van der Waals surface area (Å²) in [5.74, 6) is 0.597. The number of benzene rings is 3. The van der Waals surface area contributed by atoms with Crippen molar-refractivity contribution in [2.24, 2.45) is 0 Å². The fraction of sp³-hybridized carbons (Fsp3) is 0.167. The predicted octanol–water partition coefficient (Wildman–Crippen LogP) is 4.87. The maximum absolute atomic E-state index is 13.6. The van der Waals surface area contributed by atoms with Crippen molar-refractivity contribution in [2.75, 3.05) is 16.3 Å². The summed E-state index contributed by atoms with van der Waals surface area (Å²) < 4.78 is 30.7. The minimum Gasteiger partial charge on any atom is -0.291 e. The number of anilines is 2. The van der Waals surface area contributed by atoms with Crippen LogP contribution in [0.1, 0.15) is 17.0 Å². The van der Waals surface area contributed by atoms with Crippen LogP contribution in [0.25, 0.3) is 0 Å². The average molecular weight is 480 g/mol. The first kappa shape index (κ1) is 22.8. The first-order valence-corrected chi connectivity index (χ1v) is 12.3. The summed E-state index contributed by atoms with van der Waals surface area (Å²) in [4.78, 5) is 0.245. The molecular weight excluding hydrogens is 454 g/mol. The largest absolute Gasteiger partial charge is 0.291 e. The Kier molecular flexibility index (Phi) is 6.62. The quantitative estimate of drug-likeness (QED) is 0.352. The third kappa shape index (κ3) is 5.15. The van der Waals surface area contributed by atoms with Crippen molar-refractivity contribution in [1.29, 1.82) is 0 Å². The van der Waals surface area contributed by atoms with Gasteiger partial charge in [-0.2, -0.15) is 5.10 Å². The molecule has 7 nitrogen and oxygen atoms in total. The van der Waals surface area contributed by atoms with Crippen LogP contribution in [0, 0.1) is 18.6 Å². The average Bonchev–Trinajstić information content (AvgIpc) is 3.15. The van der Waals surface area contributed by atoms with E-state index in [2.05, 4.69) is 15.6 Å². The van der Waals surface area contributed by atoms with Crippen LogP contribution < -0.4 is 9.73 Å². The lowest BCUT2D eigenvalue weighted by atomic mass is 10.2. The van der Waals surface area contributed by atoms with Gasteiger partial charge in [-0.25, -0.2) is 13.1 Å². The molecule has 0 saturated heterocycles. The predicted molar refractivity (Wildman–Crippen MR) is 133 cm³/mol. The fourth-order valence-corrected chi connectivity index (χ4v) is 5.05. The molecule has 0 spiro atoms. The number of hydrogen-bond donors (Lipinski definition) is 2. The SMILES string of the molecule is Cc1ccc(N(CCc2n[nH]c(=S)n2Nc2ccccc2)S(=O)(=O)c2ccc(C)cc2)cc1. The maximum Gasteiger partial charge on any atom is 0.264 e. The molecule has 0 fully saturated rings. The Labute approximate surface area is 198 Å². The van der Waals surface area contributed by atoms with E-state index in [0.717, 1.165) is 16.8 Å². The van der Waals surface area contributed by atoms with Crippen LogP contribution in [0.3, 0.4) is 0 Å². The second-order valence-corrected chi connectivity index (χ2v) is 9.98. The lowest BCUT2D eigenvalue weighted by Gasteiger charge is -2.25. The first-order chi connectivity index (χ1) is 15.8. The molecule has 1 heterocycles. The van der Waals surface area contributed by atoms with E-state index in [-0.39, 0.29) is 11.4 Å². The molecule has 0 saturated carbocycles. The van der Waals surface area contributed by atoms with E-state index in [4.69, 9.17) is 12.2 Å². The normalized spacial score (nSPS) is 11.3. The molecule has 2 N–H and O–H groups in total. The molecule has 9 heteroatoms. The second-order valence-electron chi connectivity index (χ2n) is 7.73. The number of aromatic nitrogens is 3. The molecular formula is C24H25N5O2S2. The fourth-order valence-electron chi connectivity index (χ4n) is 3.39. The van der Waals surface area contributed by atoms with Gasteiger partial charge in [-0.05, 0) is 62.5 Å². The molecule has 0 aliphatic carbocycles. The standard InChI is InChI=1S/C24H25N5O2S2/c1-18-8-12-21(13-9-18)28(33(30,31)22-14-10-19(2)11-15-22)17-16-23-25-26-24(32)29(23)27-20-6-4-3-5-7-20/h3-15,27H,16-17H2,1-2H3,(H,26,32). The highest BCUT2D eigenvalue weighted by atomic mass is 32.2. The number of nitrogens with zero attached hydrogens (tertiary/aromatic N) is 3. The molecule has 3 aromatic carbocycles. The van der Waals surface area contributed by atoms with Crippen molar-refractivity contribution in [1.82, 2.24) is 14.9 Å². The smallest absolute Gasteiger partial charge is 0.264 e. The van der Waals surface area contributed by atoms with Crippen LogP contribution in [0.4, 0.5) is 11.4 Å². The monoisotopic (exact) mass is 479 g/mol. The number of aryl methyl sites for hydroxylation is 2. The minimum absolute atomic E-state index is 0.190. The summed E-state index contributed by atoms with van der Waals surface area (Å²) in [6, 6.07) is 23.9. The van der Waals surface area contributed by atoms with E-state index in [0.29, 0.717) is 22.7 Å². The second kappa shape index (κ2) is 9.60. The molecule has 0 bridgehead atoms. The van der Waals surface area contributed by atoms with E-state index >= 15 is 0 Å². The number of sulfonamides is 1. The Morgan fingerprint density at radius 1 is 0.939 bits per heavy atom. The highest BCUT2D eigenvalue weighted by Gasteiger charge is 2.25. The molecule has 0 amide bonds. The van der Waals surface area contributed by atoms with Crippen molar-refractivity contribution < 1.29 is 8.42 Å². The van der Waals surface area contributed by atoms with Crippen molar-refractivity contribution in [3.63, 3.8) is 0 Å². The molecule has 33 heavy (non-hydrogen) atoms. The summed E-state index contributed by atoms with van der Waals surface area (Å²) in [6.45, 7) is 4.08. The third-order valence-electron chi connectivity index (χ3n) is 5.23. The number of H-pyrrole nitrogens is 1. The highest BCUT2D eigenvalue weighted by molar-refractivity contribution is 7.92. The summed E-state index contributed by atoms with van der Waals surface area (Å²) >= 11 is 5.37. The van der Waals surface area contributed by atoms with Crippen molar-refractivity contribution >= 4 is 33.6 Å². The molecule has 1 aromatic heterocycles. The van der Waals surface area contributed by atoms with E-state index in [9.17, 15) is 8.42 Å². The Morgan fingerprint density at radius 2 is 1.55 bits per heavy atom. The van der Waals surface area contributed by atoms with E-state index < -0.39 is 10.0 Å².